The highest BCUT2D eigenvalue weighted by molar-refractivity contribution is 7.84. The van der Waals surface area contributed by atoms with Gasteiger partial charge in [0.2, 0.25) is 0 Å². The Kier molecular flexibility index (Phi) is 5.17. The van der Waals surface area contributed by atoms with Crippen molar-refractivity contribution in [2.24, 2.45) is 0 Å². The Bertz CT molecular complexity index is 458. The van der Waals surface area contributed by atoms with Gasteiger partial charge in [-0.05, 0) is 55.8 Å². The molecule has 1 aliphatic rings. The van der Waals surface area contributed by atoms with E-state index in [1.165, 1.54) is 36.0 Å². The Morgan fingerprint density at radius 3 is 2.74 bits per heavy atom. The molecular formula is C16H25NOS. The third kappa shape index (κ3) is 3.90. The van der Waals surface area contributed by atoms with E-state index in [1.54, 1.807) is 6.26 Å². The second-order valence-corrected chi connectivity index (χ2v) is 7.46. The van der Waals surface area contributed by atoms with Crippen molar-refractivity contribution in [3.8, 4) is 0 Å². The summed E-state index contributed by atoms with van der Waals surface area (Å²) >= 11 is 0. The Hall–Kier alpha value is -0.670. The van der Waals surface area contributed by atoms with Gasteiger partial charge in [0.05, 0.1) is 0 Å². The second kappa shape index (κ2) is 6.67. The van der Waals surface area contributed by atoms with Crippen LogP contribution < -0.4 is 5.32 Å². The van der Waals surface area contributed by atoms with Gasteiger partial charge in [-0.15, -0.1) is 0 Å². The summed E-state index contributed by atoms with van der Waals surface area (Å²) in [6.45, 7) is 5.20. The van der Waals surface area contributed by atoms with Gasteiger partial charge in [0, 0.05) is 28.3 Å². The summed E-state index contributed by atoms with van der Waals surface area (Å²) in [5.74, 6) is 0. The fraction of sp³-hybridized carbons (Fsp3) is 0.625. The summed E-state index contributed by atoms with van der Waals surface area (Å²) in [5, 5.41) is 3.82. The van der Waals surface area contributed by atoms with Crippen molar-refractivity contribution >= 4 is 10.8 Å². The van der Waals surface area contributed by atoms with Gasteiger partial charge in [0.15, 0.2) is 0 Å². The van der Waals surface area contributed by atoms with Crippen LogP contribution in [0, 0.1) is 0 Å². The molecule has 0 aliphatic heterocycles. The maximum absolute atomic E-state index is 11.3. The molecule has 19 heavy (non-hydrogen) atoms. The lowest BCUT2D eigenvalue weighted by Crippen LogP contribution is -2.24. The third-order valence-electron chi connectivity index (χ3n) is 4.19. The van der Waals surface area contributed by atoms with Crippen molar-refractivity contribution in [3.63, 3.8) is 0 Å². The number of hydrogen-bond acceptors (Lipinski definition) is 2. The first kappa shape index (κ1) is 14.7. The molecular weight excluding hydrogens is 254 g/mol. The Morgan fingerprint density at radius 2 is 2.00 bits per heavy atom. The van der Waals surface area contributed by atoms with Gasteiger partial charge in [0.25, 0.3) is 0 Å². The normalized spacial score (nSPS) is 18.9. The first-order chi connectivity index (χ1) is 9.08. The average molecular weight is 279 g/mol. The highest BCUT2D eigenvalue weighted by Gasteiger charge is 2.13. The first-order valence-corrected chi connectivity index (χ1v) is 8.87. The van der Waals surface area contributed by atoms with E-state index < -0.39 is 10.8 Å². The van der Waals surface area contributed by atoms with Gasteiger partial charge in [-0.2, -0.15) is 0 Å². The summed E-state index contributed by atoms with van der Waals surface area (Å²) < 4.78 is 11.3. The Labute approximate surface area is 119 Å². The van der Waals surface area contributed by atoms with E-state index in [-0.39, 0.29) is 5.25 Å². The average Bonchev–Trinajstić information content (AvgIpc) is 2.85. The van der Waals surface area contributed by atoms with Crippen LogP contribution in [0.3, 0.4) is 0 Å². The SMILES string of the molecule is CC(NCCC(C)S(C)=O)c1ccc2c(c1)CCC2. The molecule has 0 amide bonds. The van der Waals surface area contributed by atoms with Crippen molar-refractivity contribution in [3.05, 3.63) is 34.9 Å². The van der Waals surface area contributed by atoms with Crippen molar-refractivity contribution in [2.45, 2.75) is 50.8 Å². The second-order valence-electron chi connectivity index (χ2n) is 5.66. The molecule has 0 saturated carbocycles. The van der Waals surface area contributed by atoms with E-state index in [4.69, 9.17) is 0 Å². The predicted molar refractivity (Wildman–Crippen MR) is 83.0 cm³/mol. The zero-order valence-electron chi connectivity index (χ0n) is 12.2. The van der Waals surface area contributed by atoms with Gasteiger partial charge in [-0.25, -0.2) is 0 Å². The molecule has 1 aliphatic carbocycles. The van der Waals surface area contributed by atoms with E-state index in [0.29, 0.717) is 6.04 Å². The zero-order valence-corrected chi connectivity index (χ0v) is 13.1. The van der Waals surface area contributed by atoms with Crippen LogP contribution in [0.1, 0.15) is 49.4 Å². The minimum absolute atomic E-state index is 0.278. The quantitative estimate of drug-likeness (QED) is 0.867. The highest BCUT2D eigenvalue weighted by Crippen LogP contribution is 2.25. The number of fused-ring (bicyclic) bond motifs is 1. The molecule has 0 bridgehead atoms. The van der Waals surface area contributed by atoms with Crippen LogP contribution in [0.4, 0.5) is 0 Å². The number of hydrogen-bond donors (Lipinski definition) is 1. The van der Waals surface area contributed by atoms with Gasteiger partial charge in [-0.1, -0.05) is 25.1 Å². The number of aryl methyl sites for hydroxylation is 2. The highest BCUT2D eigenvalue weighted by atomic mass is 32.2. The predicted octanol–water partition coefficient (Wildman–Crippen LogP) is 2.98. The monoisotopic (exact) mass is 279 g/mol. The Morgan fingerprint density at radius 1 is 1.26 bits per heavy atom. The van der Waals surface area contributed by atoms with E-state index >= 15 is 0 Å². The van der Waals surface area contributed by atoms with Crippen molar-refractivity contribution in [2.75, 3.05) is 12.8 Å². The topological polar surface area (TPSA) is 29.1 Å². The van der Waals surface area contributed by atoms with E-state index in [2.05, 4.69) is 37.4 Å². The van der Waals surface area contributed by atoms with Gasteiger partial charge in [0.1, 0.15) is 0 Å². The third-order valence-corrected chi connectivity index (χ3v) is 5.56. The van der Waals surface area contributed by atoms with Gasteiger partial charge < -0.3 is 5.32 Å². The summed E-state index contributed by atoms with van der Waals surface area (Å²) in [6.07, 6.45) is 6.55. The Balaban J connectivity index is 1.86. The van der Waals surface area contributed by atoms with E-state index in [0.717, 1.165) is 13.0 Å². The van der Waals surface area contributed by atoms with Crippen LogP contribution in [0.15, 0.2) is 18.2 Å². The lowest BCUT2D eigenvalue weighted by molar-refractivity contribution is 0.553. The molecule has 2 rings (SSSR count). The van der Waals surface area contributed by atoms with Gasteiger partial charge >= 0.3 is 0 Å². The standard InChI is InChI=1S/C16H25NOS/c1-12(19(3)18)9-10-17-13(2)15-8-7-14-5-4-6-16(14)11-15/h7-8,11-13,17H,4-6,9-10H2,1-3H3. The molecule has 0 radical (unpaired) electrons. The van der Waals surface area contributed by atoms with Crippen LogP contribution in [-0.4, -0.2) is 22.3 Å². The van der Waals surface area contributed by atoms with Gasteiger partial charge in [-0.3, -0.25) is 4.21 Å². The van der Waals surface area contributed by atoms with Crippen LogP contribution >= 0.6 is 0 Å². The molecule has 0 heterocycles. The molecule has 0 saturated heterocycles. The molecule has 1 aromatic carbocycles. The minimum atomic E-state index is -0.709. The fourth-order valence-corrected chi connectivity index (χ4v) is 3.10. The molecule has 0 spiro atoms. The maximum atomic E-state index is 11.3. The molecule has 0 fully saturated rings. The lowest BCUT2D eigenvalue weighted by Gasteiger charge is -2.17. The van der Waals surface area contributed by atoms with Crippen molar-refractivity contribution < 1.29 is 4.21 Å². The molecule has 3 atom stereocenters. The smallest absolute Gasteiger partial charge is 0.0329 e. The first-order valence-electron chi connectivity index (χ1n) is 7.25. The molecule has 0 aromatic heterocycles. The molecule has 3 unspecified atom stereocenters. The van der Waals surface area contributed by atoms with Crippen molar-refractivity contribution in [1.82, 2.24) is 5.32 Å². The summed E-state index contributed by atoms with van der Waals surface area (Å²) in [5.41, 5.74) is 4.45. The maximum Gasteiger partial charge on any atom is 0.0329 e. The van der Waals surface area contributed by atoms with Crippen LogP contribution in [0.5, 0.6) is 0 Å². The number of rotatable bonds is 6. The molecule has 106 valence electrons. The summed E-state index contributed by atoms with van der Waals surface area (Å²) in [7, 11) is -0.709. The molecule has 1 aromatic rings. The van der Waals surface area contributed by atoms with Crippen molar-refractivity contribution in [1.29, 1.82) is 0 Å². The zero-order chi connectivity index (χ0) is 13.8. The molecule has 2 nitrogen and oxygen atoms in total. The van der Waals surface area contributed by atoms with Crippen LogP contribution in [-0.2, 0) is 23.6 Å². The fourth-order valence-electron chi connectivity index (χ4n) is 2.65. The largest absolute Gasteiger partial charge is 0.310 e. The minimum Gasteiger partial charge on any atom is -0.310 e. The molecule has 1 N–H and O–H groups in total. The van der Waals surface area contributed by atoms with E-state index in [1.807, 2.05) is 0 Å². The number of nitrogens with one attached hydrogen (secondary N) is 1. The van der Waals surface area contributed by atoms with Crippen LogP contribution in [0.25, 0.3) is 0 Å². The number of benzene rings is 1. The lowest BCUT2D eigenvalue weighted by atomic mass is 10.0. The van der Waals surface area contributed by atoms with Crippen LogP contribution in [0.2, 0.25) is 0 Å². The summed E-state index contributed by atoms with van der Waals surface area (Å²) in [4.78, 5) is 0. The molecule has 3 heteroatoms. The summed E-state index contributed by atoms with van der Waals surface area (Å²) in [6, 6.07) is 7.29. The van der Waals surface area contributed by atoms with E-state index in [9.17, 15) is 4.21 Å².